The molecule has 0 spiro atoms. The van der Waals surface area contributed by atoms with E-state index in [0.29, 0.717) is 17.7 Å². The van der Waals surface area contributed by atoms with Crippen LogP contribution < -0.4 is 8.19 Å². The molecule has 4 fully saturated rings. The van der Waals surface area contributed by atoms with E-state index in [1.807, 2.05) is 0 Å². The normalized spacial score (nSPS) is 35.4. The predicted molar refractivity (Wildman–Crippen MR) is 123 cm³/mol. The number of hydrogen-bond donors (Lipinski definition) is 1. The Kier molecular flexibility index (Phi) is 5.52. The van der Waals surface area contributed by atoms with Crippen molar-refractivity contribution < 1.29 is 20.7 Å². The van der Waals surface area contributed by atoms with E-state index in [1.54, 1.807) is 8.27 Å². The fourth-order valence-corrected chi connectivity index (χ4v) is 29.3. The molecule has 159 valence electrons. The molecule has 4 bridgehead atoms. The summed E-state index contributed by atoms with van der Waals surface area (Å²) in [7, 11) is 0. The second-order valence-corrected chi connectivity index (χ2v) is 29.7. The summed E-state index contributed by atoms with van der Waals surface area (Å²) in [5.41, 5.74) is 4.53. The zero-order valence-corrected chi connectivity index (χ0v) is 23.2. The maximum absolute atomic E-state index is 14.0. The van der Waals surface area contributed by atoms with Crippen molar-refractivity contribution in [3.8, 4) is 0 Å². The van der Waals surface area contributed by atoms with Crippen molar-refractivity contribution in [2.45, 2.75) is 65.6 Å². The quantitative estimate of drug-likeness (QED) is 0.570. The van der Waals surface area contributed by atoms with Crippen LogP contribution in [0.15, 0.2) is 50.9 Å². The number of allylic oxidation sites excluding steroid dienone is 4. The summed E-state index contributed by atoms with van der Waals surface area (Å²) in [6, 6.07) is 11.2. The van der Waals surface area contributed by atoms with Gasteiger partial charge in [0.25, 0.3) is 0 Å². The second-order valence-electron chi connectivity index (χ2n) is 10.8. The van der Waals surface area contributed by atoms with Crippen LogP contribution in [0, 0.1) is 29.1 Å². The summed E-state index contributed by atoms with van der Waals surface area (Å²) in [4.78, 5) is 14.0. The molecule has 30 heavy (non-hydrogen) atoms. The number of carbonyl (C=O) groups excluding carboxylic acids is 1. The number of rotatable bonds is 5. The number of carbonyl (C=O) groups is 1. The Balaban J connectivity index is 1.49. The molecule has 0 aliphatic heterocycles. The standard InChI is InChI=1S/C10H15NO.C9H13.C7H9Ge.Ti/c11-9(12)10-4-6-1-7(5-10)3-8(10)2-6;1-6-5-7(2)9(4)8(6)3;1-8-7-5-3-2-4-6-7;/h6-8H,1-5H2,(H2,11,12);6H,1-4H3;2-6,8H,1H3;/q;;;+1/p-1. The van der Waals surface area contributed by atoms with Crippen molar-refractivity contribution in [2.75, 3.05) is 0 Å². The van der Waals surface area contributed by atoms with Gasteiger partial charge < -0.3 is 0 Å². The summed E-state index contributed by atoms with van der Waals surface area (Å²) in [6.45, 7) is 9.33. The Morgan fingerprint density at radius 3 is 2.23 bits per heavy atom. The van der Waals surface area contributed by atoms with E-state index in [0.717, 1.165) is 11.8 Å². The van der Waals surface area contributed by atoms with E-state index in [9.17, 15) is 4.79 Å². The first-order valence-corrected chi connectivity index (χ1v) is 23.0. The van der Waals surface area contributed by atoms with Gasteiger partial charge in [0, 0.05) is 0 Å². The summed E-state index contributed by atoms with van der Waals surface area (Å²) < 4.78 is 7.19. The molecule has 5 aliphatic carbocycles. The van der Waals surface area contributed by atoms with E-state index in [-0.39, 0.29) is 5.41 Å². The van der Waals surface area contributed by atoms with E-state index in [2.05, 4.69) is 67.6 Å². The molecule has 4 unspecified atom stereocenters. The first-order valence-electron chi connectivity index (χ1n) is 11.9. The van der Waals surface area contributed by atoms with Crippen LogP contribution in [0.4, 0.5) is 0 Å². The maximum atomic E-state index is 14.0. The Morgan fingerprint density at radius 1 is 1.03 bits per heavy atom. The van der Waals surface area contributed by atoms with Gasteiger partial charge in [-0.15, -0.1) is 0 Å². The van der Waals surface area contributed by atoms with Gasteiger partial charge in [0.2, 0.25) is 0 Å². The van der Waals surface area contributed by atoms with Crippen LogP contribution in [0.5, 0.6) is 0 Å². The topological polar surface area (TPSA) is 29.1 Å². The number of hydrogen-bond acceptors (Lipinski definition) is 1. The molecule has 0 aromatic heterocycles. The molecule has 2 nitrogen and oxygen atoms in total. The monoisotopic (exact) mass is 500 g/mol. The van der Waals surface area contributed by atoms with Gasteiger partial charge in [-0.25, -0.2) is 0 Å². The Hall–Kier alpha value is -0.573. The van der Waals surface area contributed by atoms with Gasteiger partial charge >= 0.3 is 192 Å². The van der Waals surface area contributed by atoms with Gasteiger partial charge in [0.05, 0.1) is 0 Å². The van der Waals surface area contributed by atoms with Crippen LogP contribution in [0.1, 0.15) is 59.8 Å². The van der Waals surface area contributed by atoms with E-state index in [4.69, 9.17) is 0 Å². The predicted octanol–water partition coefficient (Wildman–Crippen LogP) is 4.98. The fraction of sp³-hybridized carbons (Fsp3) is 0.577. The van der Waals surface area contributed by atoms with E-state index >= 15 is 0 Å². The van der Waals surface area contributed by atoms with Crippen LogP contribution in [0.2, 0.25) is 5.76 Å². The SMILES string of the molecule is CC1=C(C)C(C)[C]([Ti]([NH]C(=O)C23CC4CC(CC2C4)C3)[GeH]([CH3])[c]2ccccc2)=C1C. The molecule has 1 aromatic carbocycles. The van der Waals surface area contributed by atoms with Crippen LogP contribution in [-0.4, -0.2) is 17.4 Å². The Bertz CT molecular complexity index is 922. The van der Waals surface area contributed by atoms with Crippen molar-refractivity contribution in [1.29, 1.82) is 0 Å². The van der Waals surface area contributed by atoms with Gasteiger partial charge in [-0.2, -0.15) is 0 Å². The molecule has 1 aromatic rings. The molecule has 4 atom stereocenters. The molecular weight excluding hydrogens is 463 g/mol. The van der Waals surface area contributed by atoms with Crippen molar-refractivity contribution >= 4 is 21.8 Å². The zero-order valence-electron chi connectivity index (χ0n) is 19.2. The van der Waals surface area contributed by atoms with E-state index < -0.39 is 27.4 Å². The van der Waals surface area contributed by atoms with Gasteiger partial charge in [0.1, 0.15) is 0 Å². The van der Waals surface area contributed by atoms with Gasteiger partial charge in [-0.05, 0) is 0 Å². The molecule has 6 rings (SSSR count). The number of benzene rings is 1. The first-order chi connectivity index (χ1) is 14.3. The Morgan fingerprint density at radius 2 is 1.67 bits per heavy atom. The van der Waals surface area contributed by atoms with Crippen molar-refractivity contribution in [2.24, 2.45) is 29.1 Å². The Labute approximate surface area is 191 Å². The molecule has 4 saturated carbocycles. The first kappa shape index (κ1) is 21.3. The van der Waals surface area contributed by atoms with Crippen molar-refractivity contribution in [1.82, 2.24) is 3.80 Å². The zero-order chi connectivity index (χ0) is 21.2. The second kappa shape index (κ2) is 7.78. The number of nitrogens with one attached hydrogen (secondary N) is 1. The van der Waals surface area contributed by atoms with Crippen LogP contribution in [-0.2, 0) is 20.7 Å². The molecule has 1 N–H and O–H groups in total. The average Bonchev–Trinajstić information content (AvgIpc) is 3.23. The van der Waals surface area contributed by atoms with Crippen molar-refractivity contribution in [3.63, 3.8) is 0 Å². The van der Waals surface area contributed by atoms with Crippen LogP contribution in [0.25, 0.3) is 0 Å². The minimum absolute atomic E-state index is 0.00168. The summed E-state index contributed by atoms with van der Waals surface area (Å²) in [6.07, 6.45) is 6.42. The molecule has 0 saturated heterocycles. The summed E-state index contributed by atoms with van der Waals surface area (Å²) in [5.74, 6) is 5.91. The van der Waals surface area contributed by atoms with Gasteiger partial charge in [0.15, 0.2) is 0 Å². The van der Waals surface area contributed by atoms with Crippen LogP contribution in [0.3, 0.4) is 0 Å². The van der Waals surface area contributed by atoms with Gasteiger partial charge in [-0.3, -0.25) is 0 Å². The molecule has 1 amide bonds. The average molecular weight is 499 g/mol. The summed E-state index contributed by atoms with van der Waals surface area (Å²) >= 11 is -3.75. The third-order valence-electron chi connectivity index (χ3n) is 9.35. The third kappa shape index (κ3) is 3.20. The van der Waals surface area contributed by atoms with Gasteiger partial charge in [-0.1, -0.05) is 0 Å². The van der Waals surface area contributed by atoms with Crippen LogP contribution >= 0.6 is 0 Å². The molecule has 0 heterocycles. The minimum atomic E-state index is -1.91. The molecule has 0 radical (unpaired) electrons. The molecule has 5 aliphatic rings. The summed E-state index contributed by atoms with van der Waals surface area (Å²) in [5, 5.41) is 0. The van der Waals surface area contributed by atoms with E-state index in [1.165, 1.54) is 48.8 Å². The molecular formula is C26H36GeNOTi. The third-order valence-corrected chi connectivity index (χ3v) is 30.7. The number of amides is 1. The fourth-order valence-electron chi connectivity index (χ4n) is 7.53. The molecule has 4 heteroatoms. The van der Waals surface area contributed by atoms with Crippen molar-refractivity contribution in [3.05, 3.63) is 50.9 Å².